The van der Waals surface area contributed by atoms with Crippen molar-refractivity contribution in [2.75, 3.05) is 0 Å². The average Bonchev–Trinajstić information content (AvgIpc) is 2.56. The van der Waals surface area contributed by atoms with E-state index in [1.165, 1.54) is 18.2 Å². The Bertz CT molecular complexity index is 962. The van der Waals surface area contributed by atoms with E-state index < -0.39 is 23.8 Å². The summed E-state index contributed by atoms with van der Waals surface area (Å²) in [5.41, 5.74) is -0.960. The molecule has 0 saturated carbocycles. The summed E-state index contributed by atoms with van der Waals surface area (Å²) in [5, 5.41) is 20.8. The third-order valence-corrected chi connectivity index (χ3v) is 4.04. The zero-order chi connectivity index (χ0) is 19.9. The van der Waals surface area contributed by atoms with Crippen molar-refractivity contribution in [3.63, 3.8) is 0 Å². The number of halogens is 5. The fourth-order valence-electron chi connectivity index (χ4n) is 2.32. The van der Waals surface area contributed by atoms with Crippen molar-refractivity contribution in [2.24, 2.45) is 0 Å². The predicted molar refractivity (Wildman–Crippen MR) is 88.0 cm³/mol. The fourth-order valence-corrected chi connectivity index (χ4v) is 2.68. The van der Waals surface area contributed by atoms with E-state index in [2.05, 4.69) is 0 Å². The van der Waals surface area contributed by atoms with Crippen LogP contribution < -0.4 is 14.2 Å². The minimum Gasteiger partial charge on any atom is -0.616 e. The van der Waals surface area contributed by atoms with Crippen LogP contribution in [0, 0.1) is 5.21 Å². The SMILES string of the molecule is O=C(O)C1=Cc2cc(Cl)c(Oc3cc(Cl)cc[n+]3[O-])cc2OC1C(F)(F)F. The first-order valence-electron chi connectivity index (χ1n) is 7.14. The summed E-state index contributed by atoms with van der Waals surface area (Å²) in [6.45, 7) is 0. The number of aliphatic carboxylic acids is 1. The molecule has 1 atom stereocenters. The minimum atomic E-state index is -4.95. The van der Waals surface area contributed by atoms with Crippen LogP contribution in [0.25, 0.3) is 6.08 Å². The lowest BCUT2D eigenvalue weighted by atomic mass is 10.0. The maximum Gasteiger partial charge on any atom is 0.430 e. The van der Waals surface area contributed by atoms with Gasteiger partial charge in [-0.15, -0.1) is 4.73 Å². The van der Waals surface area contributed by atoms with Crippen molar-refractivity contribution < 1.29 is 37.3 Å². The van der Waals surface area contributed by atoms with E-state index in [9.17, 15) is 23.2 Å². The number of alkyl halides is 3. The largest absolute Gasteiger partial charge is 0.616 e. The summed E-state index contributed by atoms with van der Waals surface area (Å²) in [6, 6.07) is 4.70. The van der Waals surface area contributed by atoms with Crippen molar-refractivity contribution in [1.29, 1.82) is 0 Å². The minimum absolute atomic E-state index is 0.0198. The quantitative estimate of drug-likeness (QED) is 0.592. The molecule has 0 fully saturated rings. The zero-order valence-corrected chi connectivity index (χ0v) is 14.5. The van der Waals surface area contributed by atoms with Crippen molar-refractivity contribution in [2.45, 2.75) is 12.3 Å². The molecule has 142 valence electrons. The average molecular weight is 422 g/mol. The highest BCUT2D eigenvalue weighted by atomic mass is 35.5. The van der Waals surface area contributed by atoms with Gasteiger partial charge in [0.15, 0.2) is 11.9 Å². The van der Waals surface area contributed by atoms with Gasteiger partial charge in [0.2, 0.25) is 6.10 Å². The molecule has 0 amide bonds. The van der Waals surface area contributed by atoms with Crippen LogP contribution in [0.1, 0.15) is 5.56 Å². The third-order valence-electron chi connectivity index (χ3n) is 3.51. The highest BCUT2D eigenvalue weighted by Crippen LogP contribution is 2.42. The van der Waals surface area contributed by atoms with Crippen molar-refractivity contribution in [1.82, 2.24) is 0 Å². The Balaban J connectivity index is 2.04. The topological polar surface area (TPSA) is 82.7 Å². The summed E-state index contributed by atoms with van der Waals surface area (Å²) < 4.78 is 49.9. The Labute approximate surface area is 159 Å². The van der Waals surface area contributed by atoms with Crippen LogP contribution in [-0.2, 0) is 4.79 Å². The molecular formula is C16H8Cl2F3NO5. The molecule has 1 aromatic carbocycles. The first-order chi connectivity index (χ1) is 12.6. The van der Waals surface area contributed by atoms with Gasteiger partial charge in [0, 0.05) is 17.7 Å². The number of hydrogen-bond donors (Lipinski definition) is 1. The van der Waals surface area contributed by atoms with E-state index in [-0.39, 0.29) is 33.0 Å². The Hall–Kier alpha value is -2.65. The molecule has 0 saturated heterocycles. The highest BCUT2D eigenvalue weighted by molar-refractivity contribution is 6.32. The maximum atomic E-state index is 13.1. The number of fused-ring (bicyclic) bond motifs is 1. The van der Waals surface area contributed by atoms with E-state index in [1.54, 1.807) is 0 Å². The lowest BCUT2D eigenvalue weighted by molar-refractivity contribution is -0.611. The van der Waals surface area contributed by atoms with Gasteiger partial charge in [0.25, 0.3) is 0 Å². The maximum absolute atomic E-state index is 13.1. The van der Waals surface area contributed by atoms with Gasteiger partial charge < -0.3 is 19.8 Å². The van der Waals surface area contributed by atoms with E-state index in [4.69, 9.17) is 37.8 Å². The summed E-state index contributed by atoms with van der Waals surface area (Å²) in [5.74, 6) is -2.52. The predicted octanol–water partition coefficient (Wildman–Crippen LogP) is 4.21. The standard InChI is InChI=1S/C16H8Cl2F3NO5/c17-8-1-2-22(25)13(5-8)26-12-6-11-7(4-10(12)18)3-9(15(23)24)14(27-11)16(19,20)21/h1-6,14H,(H,23,24). The first kappa shape index (κ1) is 19.1. The second-order valence-corrected chi connectivity index (χ2v) is 6.22. The lowest BCUT2D eigenvalue weighted by Gasteiger charge is -2.27. The summed E-state index contributed by atoms with van der Waals surface area (Å²) in [6.07, 6.45) is -5.72. The number of carboxylic acid groups (broad SMARTS) is 1. The van der Waals surface area contributed by atoms with Crippen LogP contribution in [-0.4, -0.2) is 23.4 Å². The summed E-state index contributed by atoms with van der Waals surface area (Å²) in [7, 11) is 0. The van der Waals surface area contributed by atoms with Crippen LogP contribution in [0.15, 0.2) is 36.0 Å². The Morgan fingerprint density at radius 2 is 2.00 bits per heavy atom. The molecule has 2 aromatic rings. The molecule has 1 aliphatic heterocycles. The number of nitrogens with zero attached hydrogens (tertiary/aromatic N) is 1. The molecule has 0 spiro atoms. The fraction of sp³-hybridized carbons (Fsp3) is 0.125. The highest BCUT2D eigenvalue weighted by Gasteiger charge is 2.48. The van der Waals surface area contributed by atoms with Gasteiger partial charge in [-0.3, -0.25) is 0 Å². The normalized spacial score (nSPS) is 16.2. The molecular weight excluding hydrogens is 414 g/mol. The molecule has 1 N–H and O–H groups in total. The number of hydrogen-bond acceptors (Lipinski definition) is 4. The number of carbonyl (C=O) groups is 1. The Morgan fingerprint density at radius 3 is 2.63 bits per heavy atom. The molecule has 27 heavy (non-hydrogen) atoms. The van der Waals surface area contributed by atoms with Gasteiger partial charge in [0.05, 0.1) is 21.7 Å². The third kappa shape index (κ3) is 3.88. The van der Waals surface area contributed by atoms with E-state index in [0.717, 1.165) is 18.3 Å². The molecule has 11 heteroatoms. The Morgan fingerprint density at radius 1 is 1.30 bits per heavy atom. The van der Waals surface area contributed by atoms with Crippen molar-refractivity contribution in [3.8, 4) is 17.4 Å². The Kier molecular flexibility index (Phi) is 4.83. The van der Waals surface area contributed by atoms with Crippen molar-refractivity contribution in [3.05, 3.63) is 56.9 Å². The molecule has 1 unspecified atom stereocenters. The van der Waals surface area contributed by atoms with Gasteiger partial charge in [-0.1, -0.05) is 23.2 Å². The zero-order valence-electron chi connectivity index (χ0n) is 13.0. The number of aromatic nitrogens is 1. The number of rotatable bonds is 3. The second kappa shape index (κ2) is 6.82. The van der Waals surface area contributed by atoms with Crippen LogP contribution in [0.3, 0.4) is 0 Å². The molecule has 0 radical (unpaired) electrons. The van der Waals surface area contributed by atoms with Gasteiger partial charge >= 0.3 is 18.0 Å². The van der Waals surface area contributed by atoms with E-state index >= 15 is 0 Å². The van der Waals surface area contributed by atoms with Crippen LogP contribution in [0.2, 0.25) is 10.0 Å². The first-order valence-corrected chi connectivity index (χ1v) is 7.90. The van der Waals surface area contributed by atoms with Crippen LogP contribution >= 0.6 is 23.2 Å². The van der Waals surface area contributed by atoms with Gasteiger partial charge in [-0.2, -0.15) is 13.2 Å². The number of carboxylic acids is 1. The molecule has 6 nitrogen and oxygen atoms in total. The molecule has 0 bridgehead atoms. The molecule has 1 aliphatic rings. The van der Waals surface area contributed by atoms with Gasteiger partial charge in [0.1, 0.15) is 5.75 Å². The molecule has 0 aliphatic carbocycles. The number of pyridine rings is 1. The molecule has 3 rings (SSSR count). The van der Waals surface area contributed by atoms with Crippen molar-refractivity contribution >= 4 is 35.2 Å². The van der Waals surface area contributed by atoms with Gasteiger partial charge in [-0.05, 0) is 12.1 Å². The lowest BCUT2D eigenvalue weighted by Crippen LogP contribution is -2.40. The number of benzene rings is 1. The van der Waals surface area contributed by atoms with E-state index in [0.29, 0.717) is 4.73 Å². The monoisotopic (exact) mass is 421 g/mol. The smallest absolute Gasteiger partial charge is 0.430 e. The summed E-state index contributed by atoms with van der Waals surface area (Å²) >= 11 is 11.8. The van der Waals surface area contributed by atoms with Gasteiger partial charge in [-0.25, -0.2) is 4.79 Å². The summed E-state index contributed by atoms with van der Waals surface area (Å²) in [4.78, 5) is 11.1. The number of ether oxygens (including phenoxy) is 2. The van der Waals surface area contributed by atoms with Crippen LogP contribution in [0.5, 0.6) is 17.4 Å². The van der Waals surface area contributed by atoms with E-state index in [1.807, 2.05) is 0 Å². The van der Waals surface area contributed by atoms with Crippen LogP contribution in [0.4, 0.5) is 13.2 Å². The molecule has 1 aromatic heterocycles. The molecule has 2 heterocycles. The second-order valence-electron chi connectivity index (χ2n) is 5.38.